The Bertz CT molecular complexity index is 611. The van der Waals surface area contributed by atoms with E-state index in [-0.39, 0.29) is 5.82 Å². The predicted molar refractivity (Wildman–Crippen MR) is 75.3 cm³/mol. The lowest BCUT2D eigenvalue weighted by Crippen LogP contribution is -2.15. The SMILES string of the molecule is Cc1cc(CNC2CC2)cnc1Oc1cccc(F)c1. The maximum Gasteiger partial charge on any atom is 0.222 e. The Morgan fingerprint density at radius 2 is 2.20 bits per heavy atom. The molecule has 1 fully saturated rings. The molecule has 1 aliphatic rings. The minimum atomic E-state index is -0.314. The standard InChI is InChI=1S/C16H17FN2O/c1-11-7-12(9-18-14-5-6-14)10-19-16(11)20-15-4-2-3-13(17)8-15/h2-4,7-8,10,14,18H,5-6,9H2,1H3. The average molecular weight is 272 g/mol. The van der Waals surface area contributed by atoms with Gasteiger partial charge in [0.15, 0.2) is 0 Å². The van der Waals surface area contributed by atoms with E-state index in [1.54, 1.807) is 18.3 Å². The molecule has 0 saturated heterocycles. The van der Waals surface area contributed by atoms with Gasteiger partial charge in [-0.1, -0.05) is 6.07 Å². The first-order valence-electron chi connectivity index (χ1n) is 6.83. The zero-order valence-electron chi connectivity index (χ0n) is 11.4. The summed E-state index contributed by atoms with van der Waals surface area (Å²) >= 11 is 0. The molecule has 0 aliphatic heterocycles. The molecule has 3 nitrogen and oxygen atoms in total. The second kappa shape index (κ2) is 5.59. The third-order valence-electron chi connectivity index (χ3n) is 3.27. The fraction of sp³-hybridized carbons (Fsp3) is 0.312. The Kier molecular flexibility index (Phi) is 3.65. The van der Waals surface area contributed by atoms with E-state index in [0.717, 1.165) is 17.7 Å². The van der Waals surface area contributed by atoms with Crippen molar-refractivity contribution in [1.82, 2.24) is 10.3 Å². The molecule has 1 N–H and O–H groups in total. The smallest absolute Gasteiger partial charge is 0.222 e. The molecule has 1 aliphatic carbocycles. The lowest BCUT2D eigenvalue weighted by Gasteiger charge is -2.09. The van der Waals surface area contributed by atoms with Gasteiger partial charge in [-0.25, -0.2) is 9.37 Å². The van der Waals surface area contributed by atoms with Crippen molar-refractivity contribution in [2.75, 3.05) is 0 Å². The summed E-state index contributed by atoms with van der Waals surface area (Å²) in [4.78, 5) is 4.32. The van der Waals surface area contributed by atoms with Gasteiger partial charge in [-0.2, -0.15) is 0 Å². The number of nitrogens with one attached hydrogen (secondary N) is 1. The molecule has 0 radical (unpaired) electrons. The van der Waals surface area contributed by atoms with E-state index in [2.05, 4.69) is 16.4 Å². The van der Waals surface area contributed by atoms with Crippen LogP contribution < -0.4 is 10.1 Å². The lowest BCUT2D eigenvalue weighted by atomic mass is 10.2. The number of ether oxygens (including phenoxy) is 1. The Morgan fingerprint density at radius 1 is 1.35 bits per heavy atom. The van der Waals surface area contributed by atoms with E-state index in [9.17, 15) is 4.39 Å². The van der Waals surface area contributed by atoms with Gasteiger partial charge in [0, 0.05) is 30.4 Å². The van der Waals surface area contributed by atoms with E-state index < -0.39 is 0 Å². The molecule has 1 aromatic carbocycles. The highest BCUT2D eigenvalue weighted by atomic mass is 19.1. The van der Waals surface area contributed by atoms with Gasteiger partial charge in [-0.3, -0.25) is 0 Å². The van der Waals surface area contributed by atoms with Gasteiger partial charge < -0.3 is 10.1 Å². The Labute approximate surface area is 117 Å². The summed E-state index contributed by atoms with van der Waals surface area (Å²) in [6, 6.07) is 8.81. The normalized spacial score (nSPS) is 14.3. The van der Waals surface area contributed by atoms with E-state index >= 15 is 0 Å². The van der Waals surface area contributed by atoms with Gasteiger partial charge >= 0.3 is 0 Å². The third kappa shape index (κ3) is 3.33. The van der Waals surface area contributed by atoms with Gasteiger partial charge in [0.1, 0.15) is 11.6 Å². The summed E-state index contributed by atoms with van der Waals surface area (Å²) < 4.78 is 18.7. The van der Waals surface area contributed by atoms with Crippen molar-refractivity contribution in [1.29, 1.82) is 0 Å². The number of benzene rings is 1. The highest BCUT2D eigenvalue weighted by Gasteiger charge is 2.20. The van der Waals surface area contributed by atoms with Crippen molar-refractivity contribution in [3.05, 3.63) is 53.5 Å². The first kappa shape index (κ1) is 13.1. The molecule has 2 aromatic rings. The number of aromatic nitrogens is 1. The number of pyridine rings is 1. The van der Waals surface area contributed by atoms with Crippen LogP contribution in [0.2, 0.25) is 0 Å². The van der Waals surface area contributed by atoms with E-state index in [1.165, 1.54) is 25.0 Å². The van der Waals surface area contributed by atoms with Crippen LogP contribution >= 0.6 is 0 Å². The predicted octanol–water partition coefficient (Wildman–Crippen LogP) is 3.57. The van der Waals surface area contributed by atoms with Crippen LogP contribution in [-0.2, 0) is 6.54 Å². The summed E-state index contributed by atoms with van der Waals surface area (Å²) in [5.41, 5.74) is 2.09. The molecule has 1 saturated carbocycles. The molecule has 1 aromatic heterocycles. The molecule has 20 heavy (non-hydrogen) atoms. The van der Waals surface area contributed by atoms with Crippen molar-refractivity contribution < 1.29 is 9.13 Å². The van der Waals surface area contributed by atoms with E-state index in [0.29, 0.717) is 17.7 Å². The number of nitrogens with zero attached hydrogens (tertiary/aromatic N) is 1. The largest absolute Gasteiger partial charge is 0.439 e. The van der Waals surface area contributed by atoms with Crippen molar-refractivity contribution >= 4 is 0 Å². The maximum absolute atomic E-state index is 13.1. The minimum Gasteiger partial charge on any atom is -0.439 e. The molecule has 3 rings (SSSR count). The highest BCUT2D eigenvalue weighted by molar-refractivity contribution is 5.33. The second-order valence-electron chi connectivity index (χ2n) is 5.18. The monoisotopic (exact) mass is 272 g/mol. The first-order valence-corrected chi connectivity index (χ1v) is 6.83. The number of halogens is 1. The molecular weight excluding hydrogens is 255 g/mol. The molecule has 104 valence electrons. The maximum atomic E-state index is 13.1. The van der Waals surface area contributed by atoms with Gasteiger partial charge in [0.25, 0.3) is 0 Å². The van der Waals surface area contributed by atoms with Crippen molar-refractivity contribution in [3.63, 3.8) is 0 Å². The Morgan fingerprint density at radius 3 is 2.90 bits per heavy atom. The summed E-state index contributed by atoms with van der Waals surface area (Å²) in [6.45, 7) is 2.78. The first-order chi connectivity index (χ1) is 9.70. The lowest BCUT2D eigenvalue weighted by molar-refractivity contribution is 0.453. The topological polar surface area (TPSA) is 34.2 Å². The molecule has 0 amide bonds. The van der Waals surface area contributed by atoms with Crippen LogP contribution in [0.4, 0.5) is 4.39 Å². The van der Waals surface area contributed by atoms with Gasteiger partial charge in [0.05, 0.1) is 0 Å². The fourth-order valence-electron chi connectivity index (χ4n) is 2.02. The van der Waals surface area contributed by atoms with Crippen LogP contribution in [0.5, 0.6) is 11.6 Å². The molecule has 0 atom stereocenters. The Hall–Kier alpha value is -1.94. The van der Waals surface area contributed by atoms with Crippen molar-refractivity contribution in [2.45, 2.75) is 32.4 Å². The third-order valence-corrected chi connectivity index (χ3v) is 3.27. The molecular formula is C16H17FN2O. The van der Waals surface area contributed by atoms with Crippen LogP contribution in [0, 0.1) is 12.7 Å². The summed E-state index contributed by atoms with van der Waals surface area (Å²) in [5, 5.41) is 3.45. The van der Waals surface area contributed by atoms with Crippen LogP contribution in [0.15, 0.2) is 36.5 Å². The highest BCUT2D eigenvalue weighted by Crippen LogP contribution is 2.24. The van der Waals surface area contributed by atoms with E-state index in [1.807, 2.05) is 6.92 Å². The molecule has 4 heteroatoms. The van der Waals surface area contributed by atoms with Gasteiger partial charge in [-0.05, 0) is 43.5 Å². The van der Waals surface area contributed by atoms with Crippen molar-refractivity contribution in [3.8, 4) is 11.6 Å². The molecule has 0 unspecified atom stereocenters. The van der Waals surface area contributed by atoms with Crippen LogP contribution in [0.25, 0.3) is 0 Å². The molecule has 1 heterocycles. The average Bonchev–Trinajstić information content (AvgIpc) is 3.23. The zero-order valence-corrected chi connectivity index (χ0v) is 11.4. The second-order valence-corrected chi connectivity index (χ2v) is 5.18. The van der Waals surface area contributed by atoms with Gasteiger partial charge in [-0.15, -0.1) is 0 Å². The summed E-state index contributed by atoms with van der Waals surface area (Å²) in [7, 11) is 0. The fourth-order valence-corrected chi connectivity index (χ4v) is 2.02. The van der Waals surface area contributed by atoms with Crippen molar-refractivity contribution in [2.24, 2.45) is 0 Å². The van der Waals surface area contributed by atoms with Crippen LogP contribution in [0.1, 0.15) is 24.0 Å². The summed E-state index contributed by atoms with van der Waals surface area (Å²) in [6.07, 6.45) is 4.34. The van der Waals surface area contributed by atoms with Gasteiger partial charge in [0.2, 0.25) is 5.88 Å². The zero-order chi connectivity index (χ0) is 13.9. The quantitative estimate of drug-likeness (QED) is 0.903. The van der Waals surface area contributed by atoms with Crippen LogP contribution in [-0.4, -0.2) is 11.0 Å². The molecule has 0 spiro atoms. The number of hydrogen-bond acceptors (Lipinski definition) is 3. The van der Waals surface area contributed by atoms with E-state index in [4.69, 9.17) is 4.74 Å². The summed E-state index contributed by atoms with van der Waals surface area (Å²) in [5.74, 6) is 0.667. The minimum absolute atomic E-state index is 0.314. The number of aryl methyl sites for hydroxylation is 1. The molecule has 0 bridgehead atoms. The van der Waals surface area contributed by atoms with Crippen LogP contribution in [0.3, 0.4) is 0 Å². The number of rotatable bonds is 5. The number of hydrogen-bond donors (Lipinski definition) is 1. The Balaban J connectivity index is 1.69.